The minimum Gasteiger partial charge on any atom is -0.493 e. The molecule has 0 bridgehead atoms. The first-order chi connectivity index (χ1) is 14.9. The van der Waals surface area contributed by atoms with Gasteiger partial charge in [-0.25, -0.2) is 4.39 Å². The van der Waals surface area contributed by atoms with Gasteiger partial charge in [-0.15, -0.1) is 0 Å². The number of nitrogens with one attached hydrogen (secondary N) is 3. The van der Waals surface area contributed by atoms with Crippen molar-refractivity contribution in [1.29, 1.82) is 0 Å². The van der Waals surface area contributed by atoms with E-state index in [9.17, 15) is 22.8 Å². The molecule has 0 aliphatic rings. The highest BCUT2D eigenvalue weighted by atomic mass is 19.3. The van der Waals surface area contributed by atoms with E-state index in [0.717, 1.165) is 10.9 Å². The van der Waals surface area contributed by atoms with Gasteiger partial charge in [0.1, 0.15) is 5.82 Å². The van der Waals surface area contributed by atoms with Crippen molar-refractivity contribution >= 4 is 22.7 Å². The Morgan fingerprint density at radius 1 is 1.10 bits per heavy atom. The van der Waals surface area contributed by atoms with Crippen LogP contribution >= 0.6 is 0 Å². The van der Waals surface area contributed by atoms with Crippen LogP contribution in [-0.4, -0.2) is 43.6 Å². The van der Waals surface area contributed by atoms with Gasteiger partial charge < -0.3 is 25.1 Å². The first-order valence-corrected chi connectivity index (χ1v) is 9.30. The molecule has 0 aliphatic carbocycles. The number of fused-ring (bicyclic) bond motifs is 1. The van der Waals surface area contributed by atoms with Gasteiger partial charge in [0.15, 0.2) is 11.5 Å². The maximum atomic E-state index is 13.2. The van der Waals surface area contributed by atoms with E-state index >= 15 is 0 Å². The molecule has 0 saturated heterocycles. The van der Waals surface area contributed by atoms with Crippen molar-refractivity contribution in [1.82, 2.24) is 15.6 Å². The normalized spacial score (nSPS) is 10.9. The molecule has 0 spiro atoms. The van der Waals surface area contributed by atoms with E-state index in [2.05, 4.69) is 20.4 Å². The number of aromatic nitrogens is 1. The summed E-state index contributed by atoms with van der Waals surface area (Å²) in [7, 11) is 1.26. The standard InChI is InChI=1S/C21H20F3N3O4/c1-30-18-8-12(2-5-17(18)31-21(23)24)20(29)27-11-19(28)25-7-6-13-10-26-16-9-14(22)3-4-15(13)16/h2-5,8-10,21,26H,6-7,11H2,1H3,(H,25,28)(H,27,29). The average Bonchev–Trinajstić information content (AvgIpc) is 3.13. The Morgan fingerprint density at radius 3 is 2.65 bits per heavy atom. The fourth-order valence-electron chi connectivity index (χ4n) is 3.03. The molecule has 2 amide bonds. The molecular formula is C21H20F3N3O4. The maximum absolute atomic E-state index is 13.2. The van der Waals surface area contributed by atoms with Gasteiger partial charge in [-0.3, -0.25) is 9.59 Å². The van der Waals surface area contributed by atoms with Crippen molar-refractivity contribution in [3.05, 3.63) is 59.5 Å². The van der Waals surface area contributed by atoms with Gasteiger partial charge in [0, 0.05) is 29.2 Å². The number of aromatic amines is 1. The predicted octanol–water partition coefficient (Wildman–Crippen LogP) is 3.01. The summed E-state index contributed by atoms with van der Waals surface area (Å²) in [5, 5.41) is 6.01. The van der Waals surface area contributed by atoms with Crippen LogP contribution in [0.2, 0.25) is 0 Å². The number of carbonyl (C=O) groups is 2. The molecule has 0 unspecified atom stereocenters. The van der Waals surface area contributed by atoms with Crippen LogP contribution in [0.15, 0.2) is 42.6 Å². The highest BCUT2D eigenvalue weighted by Gasteiger charge is 2.15. The van der Waals surface area contributed by atoms with Crippen LogP contribution in [0.4, 0.5) is 13.2 Å². The molecule has 0 saturated carbocycles. The van der Waals surface area contributed by atoms with Crippen molar-refractivity contribution < 1.29 is 32.2 Å². The third kappa shape index (κ3) is 5.68. The fourth-order valence-corrected chi connectivity index (χ4v) is 3.03. The Morgan fingerprint density at radius 2 is 1.90 bits per heavy atom. The quantitative estimate of drug-likeness (QED) is 0.482. The Labute approximate surface area is 175 Å². The third-order valence-corrected chi connectivity index (χ3v) is 4.50. The second-order valence-corrected chi connectivity index (χ2v) is 6.53. The number of hydrogen-bond donors (Lipinski definition) is 3. The molecule has 31 heavy (non-hydrogen) atoms. The number of carbonyl (C=O) groups excluding carboxylic acids is 2. The Balaban J connectivity index is 1.48. The molecule has 0 atom stereocenters. The summed E-state index contributed by atoms with van der Waals surface area (Å²) in [6, 6.07) is 8.15. The zero-order valence-corrected chi connectivity index (χ0v) is 16.5. The molecule has 1 aromatic heterocycles. The van der Waals surface area contributed by atoms with E-state index in [4.69, 9.17) is 4.74 Å². The van der Waals surface area contributed by atoms with Gasteiger partial charge in [0.05, 0.1) is 13.7 Å². The summed E-state index contributed by atoms with van der Waals surface area (Å²) in [4.78, 5) is 27.2. The molecule has 3 rings (SSSR count). The topological polar surface area (TPSA) is 92.5 Å². The van der Waals surface area contributed by atoms with Crippen LogP contribution in [0.5, 0.6) is 11.5 Å². The highest BCUT2D eigenvalue weighted by Crippen LogP contribution is 2.29. The molecule has 1 heterocycles. The Hall–Kier alpha value is -3.69. The average molecular weight is 435 g/mol. The number of alkyl halides is 2. The molecule has 10 heteroatoms. The second-order valence-electron chi connectivity index (χ2n) is 6.53. The fraction of sp³-hybridized carbons (Fsp3) is 0.238. The van der Waals surface area contributed by atoms with Gasteiger partial charge in [-0.05, 0) is 48.4 Å². The summed E-state index contributed by atoms with van der Waals surface area (Å²) in [6.45, 7) is -2.97. The highest BCUT2D eigenvalue weighted by molar-refractivity contribution is 5.97. The van der Waals surface area contributed by atoms with E-state index in [0.29, 0.717) is 18.5 Å². The molecule has 0 aliphatic heterocycles. The lowest BCUT2D eigenvalue weighted by Crippen LogP contribution is -2.37. The van der Waals surface area contributed by atoms with Crippen LogP contribution < -0.4 is 20.1 Å². The molecule has 0 radical (unpaired) electrons. The van der Waals surface area contributed by atoms with Crippen molar-refractivity contribution in [3.63, 3.8) is 0 Å². The van der Waals surface area contributed by atoms with E-state index < -0.39 is 18.4 Å². The van der Waals surface area contributed by atoms with Crippen LogP contribution in [0.25, 0.3) is 10.9 Å². The lowest BCUT2D eigenvalue weighted by atomic mass is 10.1. The second kappa shape index (κ2) is 9.88. The number of hydrogen-bond acceptors (Lipinski definition) is 4. The van der Waals surface area contributed by atoms with Gasteiger partial charge in [-0.1, -0.05) is 0 Å². The minimum atomic E-state index is -3.03. The SMILES string of the molecule is COc1cc(C(=O)NCC(=O)NCCc2c[nH]c3cc(F)ccc23)ccc1OC(F)F. The van der Waals surface area contributed by atoms with Crippen LogP contribution in [-0.2, 0) is 11.2 Å². The number of methoxy groups -OCH3 is 1. The van der Waals surface area contributed by atoms with Crippen LogP contribution in [0, 0.1) is 5.82 Å². The first kappa shape index (κ1) is 22.0. The molecular weight excluding hydrogens is 415 g/mol. The van der Waals surface area contributed by atoms with E-state index in [1.165, 1.54) is 37.4 Å². The number of halogens is 3. The summed E-state index contributed by atoms with van der Waals surface area (Å²) >= 11 is 0. The lowest BCUT2D eigenvalue weighted by Gasteiger charge is -2.11. The Kier molecular flexibility index (Phi) is 7.01. The van der Waals surface area contributed by atoms with Gasteiger partial charge in [0.2, 0.25) is 5.91 Å². The Bertz CT molecular complexity index is 1080. The molecule has 0 fully saturated rings. The molecule has 3 aromatic rings. The molecule has 3 N–H and O–H groups in total. The first-order valence-electron chi connectivity index (χ1n) is 9.30. The zero-order valence-electron chi connectivity index (χ0n) is 16.5. The molecule has 7 nitrogen and oxygen atoms in total. The van der Waals surface area contributed by atoms with E-state index in [1.807, 2.05) is 0 Å². The number of rotatable bonds is 9. The van der Waals surface area contributed by atoms with Gasteiger partial charge >= 0.3 is 6.61 Å². The van der Waals surface area contributed by atoms with Crippen LogP contribution in [0.1, 0.15) is 15.9 Å². The monoisotopic (exact) mass is 435 g/mol. The van der Waals surface area contributed by atoms with Crippen molar-refractivity contribution in [2.75, 3.05) is 20.2 Å². The van der Waals surface area contributed by atoms with Crippen molar-refractivity contribution in [2.24, 2.45) is 0 Å². The maximum Gasteiger partial charge on any atom is 0.387 e. The number of amides is 2. The summed E-state index contributed by atoms with van der Waals surface area (Å²) in [5.41, 5.74) is 1.73. The van der Waals surface area contributed by atoms with Gasteiger partial charge in [0.25, 0.3) is 5.91 Å². The van der Waals surface area contributed by atoms with E-state index in [-0.39, 0.29) is 29.4 Å². The lowest BCUT2D eigenvalue weighted by molar-refractivity contribution is -0.120. The van der Waals surface area contributed by atoms with E-state index in [1.54, 1.807) is 12.3 Å². The largest absolute Gasteiger partial charge is 0.493 e. The molecule has 164 valence electrons. The zero-order chi connectivity index (χ0) is 22.4. The third-order valence-electron chi connectivity index (χ3n) is 4.50. The summed E-state index contributed by atoms with van der Waals surface area (Å²) in [6.07, 6.45) is 2.28. The van der Waals surface area contributed by atoms with Crippen LogP contribution in [0.3, 0.4) is 0 Å². The minimum absolute atomic E-state index is 0.0315. The predicted molar refractivity (Wildman–Crippen MR) is 107 cm³/mol. The smallest absolute Gasteiger partial charge is 0.387 e. The molecule has 2 aromatic carbocycles. The summed E-state index contributed by atoms with van der Waals surface area (Å²) in [5.74, 6) is -1.54. The number of benzene rings is 2. The number of ether oxygens (including phenoxy) is 2. The summed E-state index contributed by atoms with van der Waals surface area (Å²) < 4.78 is 47.2. The van der Waals surface area contributed by atoms with Gasteiger partial charge in [-0.2, -0.15) is 8.78 Å². The van der Waals surface area contributed by atoms with Crippen molar-refractivity contribution in [2.45, 2.75) is 13.0 Å². The number of H-pyrrole nitrogens is 1. The van der Waals surface area contributed by atoms with Crippen molar-refractivity contribution in [3.8, 4) is 11.5 Å².